The molecule has 0 radical (unpaired) electrons. The molecule has 0 saturated heterocycles. The predicted octanol–water partition coefficient (Wildman–Crippen LogP) is 3.79. The molecule has 7 heteroatoms. The van der Waals surface area contributed by atoms with Crippen molar-refractivity contribution < 1.29 is 14.3 Å². The summed E-state index contributed by atoms with van der Waals surface area (Å²) < 4.78 is 5.10. The van der Waals surface area contributed by atoms with Gasteiger partial charge >= 0.3 is 5.97 Å². The Bertz CT molecular complexity index is 1020. The first-order chi connectivity index (χ1) is 13.1. The van der Waals surface area contributed by atoms with Crippen LogP contribution >= 0.6 is 11.3 Å². The molecule has 0 aliphatic rings. The summed E-state index contributed by atoms with van der Waals surface area (Å²) in [6.07, 6.45) is 0. The van der Waals surface area contributed by atoms with E-state index < -0.39 is 18.5 Å². The van der Waals surface area contributed by atoms with Gasteiger partial charge in [0.2, 0.25) is 0 Å². The summed E-state index contributed by atoms with van der Waals surface area (Å²) in [6.45, 7) is 1.28. The highest BCUT2D eigenvalue weighted by molar-refractivity contribution is 7.17. The highest BCUT2D eigenvalue weighted by atomic mass is 32.1. The molecule has 1 N–H and O–H groups in total. The number of esters is 1. The van der Waals surface area contributed by atoms with Gasteiger partial charge in [-0.05, 0) is 19.1 Å². The molecule has 27 heavy (non-hydrogen) atoms. The van der Waals surface area contributed by atoms with Gasteiger partial charge in [0.1, 0.15) is 16.0 Å². The van der Waals surface area contributed by atoms with Crippen molar-refractivity contribution in [3.05, 3.63) is 70.7 Å². The quantitative estimate of drug-likeness (QED) is 0.683. The van der Waals surface area contributed by atoms with E-state index in [1.54, 1.807) is 31.2 Å². The van der Waals surface area contributed by atoms with Gasteiger partial charge in [0.15, 0.2) is 6.61 Å². The maximum atomic E-state index is 12.3. The second-order valence-corrected chi connectivity index (χ2v) is 6.58. The molecule has 0 fully saturated rings. The molecule has 0 spiro atoms. The van der Waals surface area contributed by atoms with Crippen LogP contribution in [0.25, 0.3) is 10.6 Å². The molecule has 3 aromatic rings. The Hall–Kier alpha value is -3.50. The van der Waals surface area contributed by atoms with Crippen molar-refractivity contribution in [1.82, 2.24) is 4.98 Å². The number of amides is 1. The summed E-state index contributed by atoms with van der Waals surface area (Å²) in [7, 11) is 0. The number of nitriles is 1. The lowest BCUT2D eigenvalue weighted by Gasteiger charge is -2.07. The highest BCUT2D eigenvalue weighted by Gasteiger charge is 2.19. The number of nitrogens with one attached hydrogen (secondary N) is 1. The number of rotatable bonds is 5. The number of ether oxygens (including phenoxy) is 1. The van der Waals surface area contributed by atoms with Crippen molar-refractivity contribution >= 4 is 28.9 Å². The molecule has 0 bridgehead atoms. The van der Waals surface area contributed by atoms with E-state index in [0.717, 1.165) is 5.56 Å². The lowest BCUT2D eigenvalue weighted by molar-refractivity contribution is -0.119. The Balaban J connectivity index is 1.64. The summed E-state index contributed by atoms with van der Waals surface area (Å²) in [4.78, 5) is 29.1. The van der Waals surface area contributed by atoms with Gasteiger partial charge in [-0.1, -0.05) is 42.5 Å². The van der Waals surface area contributed by atoms with Crippen LogP contribution in [0.3, 0.4) is 0 Å². The molecule has 6 nitrogen and oxygen atoms in total. The Morgan fingerprint density at radius 3 is 2.59 bits per heavy atom. The van der Waals surface area contributed by atoms with Crippen LogP contribution in [-0.2, 0) is 9.53 Å². The van der Waals surface area contributed by atoms with Crippen molar-refractivity contribution in [2.24, 2.45) is 0 Å². The first kappa shape index (κ1) is 18.3. The van der Waals surface area contributed by atoms with Crippen LogP contribution in [0, 0.1) is 18.3 Å². The van der Waals surface area contributed by atoms with Crippen LogP contribution < -0.4 is 5.32 Å². The fourth-order valence-electron chi connectivity index (χ4n) is 2.36. The third kappa shape index (κ3) is 4.37. The zero-order valence-electron chi connectivity index (χ0n) is 14.4. The van der Waals surface area contributed by atoms with Crippen LogP contribution in [0.4, 0.5) is 5.69 Å². The fourth-order valence-corrected chi connectivity index (χ4v) is 3.33. The summed E-state index contributed by atoms with van der Waals surface area (Å²) in [6, 6.07) is 18.1. The second-order valence-electron chi connectivity index (χ2n) is 5.58. The Morgan fingerprint density at radius 2 is 1.85 bits per heavy atom. The van der Waals surface area contributed by atoms with Gasteiger partial charge in [0.25, 0.3) is 5.91 Å². The molecule has 1 heterocycles. The number of carbonyl (C=O) groups is 2. The highest BCUT2D eigenvalue weighted by Crippen LogP contribution is 2.28. The van der Waals surface area contributed by atoms with Crippen LogP contribution in [0.5, 0.6) is 0 Å². The first-order valence-corrected chi connectivity index (χ1v) is 8.89. The third-order valence-electron chi connectivity index (χ3n) is 3.66. The van der Waals surface area contributed by atoms with Crippen molar-refractivity contribution in [3.8, 4) is 16.6 Å². The number of anilines is 1. The molecule has 0 unspecified atom stereocenters. The van der Waals surface area contributed by atoms with Gasteiger partial charge in [0.05, 0.1) is 16.9 Å². The molecular weight excluding hydrogens is 362 g/mol. The number of nitrogens with zero attached hydrogens (tertiary/aromatic N) is 2. The van der Waals surface area contributed by atoms with E-state index in [4.69, 9.17) is 10.00 Å². The van der Waals surface area contributed by atoms with E-state index in [-0.39, 0.29) is 0 Å². The van der Waals surface area contributed by atoms with E-state index in [2.05, 4.69) is 10.3 Å². The van der Waals surface area contributed by atoms with Gasteiger partial charge in [-0.25, -0.2) is 9.78 Å². The summed E-state index contributed by atoms with van der Waals surface area (Å²) in [5.41, 5.74) is 2.18. The van der Waals surface area contributed by atoms with Gasteiger partial charge < -0.3 is 10.1 Å². The van der Waals surface area contributed by atoms with Crippen LogP contribution in [0.1, 0.15) is 20.9 Å². The van der Waals surface area contributed by atoms with E-state index in [1.165, 1.54) is 11.3 Å². The minimum absolute atomic E-state index is 0.336. The molecule has 1 amide bonds. The minimum Gasteiger partial charge on any atom is -0.451 e. The molecule has 0 atom stereocenters. The van der Waals surface area contributed by atoms with Crippen LogP contribution in [0.2, 0.25) is 0 Å². The normalized spacial score (nSPS) is 10.1. The largest absolute Gasteiger partial charge is 0.451 e. The first-order valence-electron chi connectivity index (χ1n) is 8.07. The average molecular weight is 377 g/mol. The Labute approximate surface area is 160 Å². The molecule has 1 aromatic heterocycles. The van der Waals surface area contributed by atoms with E-state index >= 15 is 0 Å². The van der Waals surface area contributed by atoms with Crippen molar-refractivity contribution in [2.45, 2.75) is 6.92 Å². The van der Waals surface area contributed by atoms with Crippen molar-refractivity contribution in [2.75, 3.05) is 11.9 Å². The lowest BCUT2D eigenvalue weighted by Crippen LogP contribution is -2.21. The summed E-state index contributed by atoms with van der Waals surface area (Å²) in [5.74, 6) is -1.12. The van der Waals surface area contributed by atoms with Gasteiger partial charge in [-0.15, -0.1) is 11.3 Å². The monoisotopic (exact) mass is 377 g/mol. The summed E-state index contributed by atoms with van der Waals surface area (Å²) >= 11 is 1.22. The molecule has 0 aliphatic heterocycles. The number of hydrogen-bond acceptors (Lipinski definition) is 6. The Kier molecular flexibility index (Phi) is 5.59. The number of aromatic nitrogens is 1. The van der Waals surface area contributed by atoms with Crippen molar-refractivity contribution in [3.63, 3.8) is 0 Å². The van der Waals surface area contributed by atoms with Gasteiger partial charge in [0, 0.05) is 5.56 Å². The van der Waals surface area contributed by atoms with Crippen LogP contribution in [0.15, 0.2) is 54.6 Å². The van der Waals surface area contributed by atoms with E-state index in [0.29, 0.717) is 26.8 Å². The molecular formula is C20H15N3O3S. The van der Waals surface area contributed by atoms with Gasteiger partial charge in [-0.3, -0.25) is 4.79 Å². The molecule has 3 rings (SSSR count). The molecule has 0 aliphatic carbocycles. The third-order valence-corrected chi connectivity index (χ3v) is 4.85. The van der Waals surface area contributed by atoms with Gasteiger partial charge in [-0.2, -0.15) is 5.26 Å². The molecule has 2 aromatic carbocycles. The zero-order chi connectivity index (χ0) is 19.2. The van der Waals surface area contributed by atoms with E-state index in [1.807, 2.05) is 36.4 Å². The van der Waals surface area contributed by atoms with Crippen LogP contribution in [-0.4, -0.2) is 23.5 Å². The fraction of sp³-hybridized carbons (Fsp3) is 0.100. The zero-order valence-corrected chi connectivity index (χ0v) is 15.2. The maximum Gasteiger partial charge on any atom is 0.350 e. The smallest absolute Gasteiger partial charge is 0.350 e. The molecule has 0 saturated carbocycles. The number of para-hydroxylation sites is 1. The standard InChI is InChI=1S/C20H15N3O3S/c1-13-18(27-19(22-13)14-7-3-2-4-8-14)20(25)26-12-17(24)23-16-10-6-5-9-15(16)11-21/h2-10H,12H2,1H3,(H,23,24). The Morgan fingerprint density at radius 1 is 1.15 bits per heavy atom. The average Bonchev–Trinajstić information content (AvgIpc) is 3.09. The second kappa shape index (κ2) is 8.25. The number of aryl methyl sites for hydroxylation is 1. The number of benzene rings is 2. The SMILES string of the molecule is Cc1nc(-c2ccccc2)sc1C(=O)OCC(=O)Nc1ccccc1C#N. The van der Waals surface area contributed by atoms with Crippen molar-refractivity contribution in [1.29, 1.82) is 5.26 Å². The number of thiazole rings is 1. The molecule has 134 valence electrons. The predicted molar refractivity (Wildman–Crippen MR) is 102 cm³/mol. The number of hydrogen-bond donors (Lipinski definition) is 1. The van der Waals surface area contributed by atoms with E-state index in [9.17, 15) is 9.59 Å². The topological polar surface area (TPSA) is 92.1 Å². The maximum absolute atomic E-state index is 12.3. The lowest BCUT2D eigenvalue weighted by atomic mass is 10.2. The minimum atomic E-state index is -0.601. The summed E-state index contributed by atoms with van der Waals surface area (Å²) in [5, 5.41) is 12.3. The number of carbonyl (C=O) groups excluding carboxylic acids is 2.